The zero-order valence-electron chi connectivity index (χ0n) is 18.2. The normalized spacial score (nSPS) is 11.7. The third-order valence-corrected chi connectivity index (χ3v) is 7.16. The van der Waals surface area contributed by atoms with E-state index in [1.807, 2.05) is 0 Å². The van der Waals surface area contributed by atoms with Crippen molar-refractivity contribution in [3.05, 3.63) is 120 Å². The van der Waals surface area contributed by atoms with Crippen LogP contribution < -0.4 is 0 Å². The average molecular weight is 499 g/mol. The lowest BCUT2D eigenvalue weighted by Gasteiger charge is -2.12. The first-order valence-electron chi connectivity index (χ1n) is 11.4. The first kappa shape index (κ1) is 19.5. The molecule has 0 amide bonds. The molecular formula is C31H19BrN2. The van der Waals surface area contributed by atoms with Crippen molar-refractivity contribution in [2.45, 2.75) is 0 Å². The van der Waals surface area contributed by atoms with Crippen LogP contribution in [0.25, 0.3) is 60.4 Å². The van der Waals surface area contributed by atoms with Gasteiger partial charge in [-0.3, -0.25) is 0 Å². The summed E-state index contributed by atoms with van der Waals surface area (Å²) in [5, 5.41) is 6.14. The van der Waals surface area contributed by atoms with Crippen molar-refractivity contribution in [2.24, 2.45) is 0 Å². The van der Waals surface area contributed by atoms with Crippen molar-refractivity contribution in [3.8, 4) is 16.9 Å². The number of benzene rings is 5. The van der Waals surface area contributed by atoms with E-state index in [4.69, 9.17) is 4.98 Å². The van der Waals surface area contributed by atoms with Gasteiger partial charge in [0, 0.05) is 42.7 Å². The molecule has 2 heterocycles. The Morgan fingerprint density at radius 3 is 2.06 bits per heavy atom. The third kappa shape index (κ3) is 2.84. The SMILES string of the molecule is Brc1ccc(-n2c3ccccc3c3c4c(ccc32)c(-c2ccccc2)nc2ccccc24)cc1. The van der Waals surface area contributed by atoms with Gasteiger partial charge in [0.05, 0.1) is 22.2 Å². The summed E-state index contributed by atoms with van der Waals surface area (Å²) in [5.74, 6) is 0. The molecule has 160 valence electrons. The molecule has 0 aliphatic rings. The van der Waals surface area contributed by atoms with Crippen LogP contribution in [0.2, 0.25) is 0 Å². The first-order valence-corrected chi connectivity index (χ1v) is 12.1. The molecule has 0 fully saturated rings. The molecule has 34 heavy (non-hydrogen) atoms. The molecule has 0 unspecified atom stereocenters. The predicted octanol–water partition coefficient (Wildman–Crippen LogP) is 8.91. The Bertz CT molecular complexity index is 1850. The van der Waals surface area contributed by atoms with Gasteiger partial charge >= 0.3 is 0 Å². The topological polar surface area (TPSA) is 17.8 Å². The van der Waals surface area contributed by atoms with Crippen molar-refractivity contribution in [3.63, 3.8) is 0 Å². The number of fused-ring (bicyclic) bond motifs is 7. The van der Waals surface area contributed by atoms with Crippen molar-refractivity contribution in [1.29, 1.82) is 0 Å². The van der Waals surface area contributed by atoms with Gasteiger partial charge in [-0.1, -0.05) is 88.7 Å². The van der Waals surface area contributed by atoms with Gasteiger partial charge in [0.25, 0.3) is 0 Å². The maximum absolute atomic E-state index is 5.12. The molecule has 3 heteroatoms. The van der Waals surface area contributed by atoms with Gasteiger partial charge in [0.1, 0.15) is 0 Å². The van der Waals surface area contributed by atoms with E-state index in [0.29, 0.717) is 0 Å². The molecule has 0 N–H and O–H groups in total. The lowest BCUT2D eigenvalue weighted by Crippen LogP contribution is -1.94. The fraction of sp³-hybridized carbons (Fsp3) is 0. The summed E-state index contributed by atoms with van der Waals surface area (Å²) in [7, 11) is 0. The summed E-state index contributed by atoms with van der Waals surface area (Å²) in [6.45, 7) is 0. The first-order chi connectivity index (χ1) is 16.8. The molecule has 2 aromatic heterocycles. The minimum absolute atomic E-state index is 1.02. The van der Waals surface area contributed by atoms with Crippen molar-refractivity contribution < 1.29 is 0 Å². The van der Waals surface area contributed by atoms with E-state index in [-0.39, 0.29) is 0 Å². The van der Waals surface area contributed by atoms with Gasteiger partial charge < -0.3 is 4.57 Å². The van der Waals surface area contributed by atoms with E-state index in [0.717, 1.165) is 26.9 Å². The number of para-hydroxylation sites is 2. The Balaban J connectivity index is 1.73. The smallest absolute Gasteiger partial charge is 0.0788 e. The van der Waals surface area contributed by atoms with Gasteiger partial charge in [-0.15, -0.1) is 0 Å². The van der Waals surface area contributed by atoms with Crippen LogP contribution in [0.15, 0.2) is 120 Å². The number of rotatable bonds is 2. The Labute approximate surface area is 205 Å². The lowest BCUT2D eigenvalue weighted by molar-refractivity contribution is 1.18. The van der Waals surface area contributed by atoms with Crippen LogP contribution in [0.5, 0.6) is 0 Å². The maximum atomic E-state index is 5.12. The highest BCUT2D eigenvalue weighted by Crippen LogP contribution is 2.42. The highest BCUT2D eigenvalue weighted by molar-refractivity contribution is 9.10. The summed E-state index contributed by atoms with van der Waals surface area (Å²) in [5.41, 5.74) is 6.73. The summed E-state index contributed by atoms with van der Waals surface area (Å²) in [4.78, 5) is 5.12. The number of halogens is 1. The second-order valence-corrected chi connectivity index (χ2v) is 9.47. The molecule has 0 atom stereocenters. The fourth-order valence-corrected chi connectivity index (χ4v) is 5.45. The van der Waals surface area contributed by atoms with Crippen molar-refractivity contribution in [1.82, 2.24) is 9.55 Å². The highest BCUT2D eigenvalue weighted by atomic mass is 79.9. The van der Waals surface area contributed by atoms with Crippen molar-refractivity contribution in [2.75, 3.05) is 0 Å². The van der Waals surface area contributed by atoms with Crippen molar-refractivity contribution >= 4 is 59.4 Å². The molecule has 0 spiro atoms. The van der Waals surface area contributed by atoms with Crippen LogP contribution in [0, 0.1) is 0 Å². The van der Waals surface area contributed by atoms with Gasteiger partial charge in [0.15, 0.2) is 0 Å². The molecular weight excluding hydrogens is 480 g/mol. The van der Waals surface area contributed by atoms with E-state index in [1.165, 1.54) is 38.0 Å². The predicted molar refractivity (Wildman–Crippen MR) is 147 cm³/mol. The molecule has 0 saturated heterocycles. The zero-order valence-corrected chi connectivity index (χ0v) is 19.8. The van der Waals surface area contributed by atoms with Crippen LogP contribution in [0.4, 0.5) is 0 Å². The Kier molecular flexibility index (Phi) is 4.33. The summed E-state index contributed by atoms with van der Waals surface area (Å²) in [6.07, 6.45) is 0. The van der Waals surface area contributed by atoms with Crippen LogP contribution >= 0.6 is 15.9 Å². The molecule has 0 radical (unpaired) electrons. The standard InChI is InChI=1S/C31H19BrN2/c32-21-14-16-22(17-15-21)34-27-13-7-5-11-24(27)30-28(34)19-18-25-29(30)23-10-4-6-12-26(23)33-31(25)20-8-2-1-3-9-20/h1-19H. The number of nitrogens with zero attached hydrogens (tertiary/aromatic N) is 2. The number of pyridine rings is 1. The minimum Gasteiger partial charge on any atom is -0.309 e. The van der Waals surface area contributed by atoms with Gasteiger partial charge in [-0.25, -0.2) is 4.98 Å². The molecule has 0 aliphatic carbocycles. The summed E-state index contributed by atoms with van der Waals surface area (Å²) < 4.78 is 3.44. The van der Waals surface area contributed by atoms with Gasteiger partial charge in [-0.2, -0.15) is 0 Å². The number of aromatic nitrogens is 2. The monoisotopic (exact) mass is 498 g/mol. The maximum Gasteiger partial charge on any atom is 0.0788 e. The molecule has 0 aliphatic heterocycles. The second-order valence-electron chi connectivity index (χ2n) is 8.55. The molecule has 5 aromatic carbocycles. The lowest BCUT2D eigenvalue weighted by atomic mass is 9.96. The van der Waals surface area contributed by atoms with Crippen LogP contribution in [0.3, 0.4) is 0 Å². The third-order valence-electron chi connectivity index (χ3n) is 6.63. The Hall–Kier alpha value is -3.95. The number of hydrogen-bond acceptors (Lipinski definition) is 1. The van der Waals surface area contributed by atoms with E-state index >= 15 is 0 Å². The van der Waals surface area contributed by atoms with E-state index < -0.39 is 0 Å². The second kappa shape index (κ2) is 7.54. The van der Waals surface area contributed by atoms with Crippen LogP contribution in [-0.2, 0) is 0 Å². The Morgan fingerprint density at radius 2 is 1.24 bits per heavy atom. The average Bonchev–Trinajstić information content (AvgIpc) is 3.23. The molecule has 0 bridgehead atoms. The minimum atomic E-state index is 1.02. The molecule has 0 saturated carbocycles. The van der Waals surface area contributed by atoms with Crippen LogP contribution in [0.1, 0.15) is 0 Å². The van der Waals surface area contributed by atoms with Crippen LogP contribution in [-0.4, -0.2) is 9.55 Å². The van der Waals surface area contributed by atoms with E-state index in [9.17, 15) is 0 Å². The largest absolute Gasteiger partial charge is 0.309 e. The van der Waals surface area contributed by atoms with Gasteiger partial charge in [-0.05, 0) is 42.5 Å². The van der Waals surface area contributed by atoms with E-state index in [1.54, 1.807) is 0 Å². The Morgan fingerprint density at radius 1 is 0.529 bits per heavy atom. The highest BCUT2D eigenvalue weighted by Gasteiger charge is 2.18. The summed E-state index contributed by atoms with van der Waals surface area (Å²) in [6, 6.07) is 40.7. The van der Waals surface area contributed by atoms with E-state index in [2.05, 4.69) is 136 Å². The quantitative estimate of drug-likeness (QED) is 0.217. The fourth-order valence-electron chi connectivity index (χ4n) is 5.19. The molecule has 7 aromatic rings. The number of hydrogen-bond donors (Lipinski definition) is 0. The molecule has 7 rings (SSSR count). The zero-order chi connectivity index (χ0) is 22.6. The summed E-state index contributed by atoms with van der Waals surface area (Å²) >= 11 is 3.58. The molecule has 2 nitrogen and oxygen atoms in total. The van der Waals surface area contributed by atoms with Gasteiger partial charge in [0.2, 0.25) is 0 Å².